The third-order valence-corrected chi connectivity index (χ3v) is 7.28. The van der Waals surface area contributed by atoms with Crippen LogP contribution in [-0.4, -0.2) is 47.7 Å². The second kappa shape index (κ2) is 12.5. The van der Waals surface area contributed by atoms with E-state index in [0.29, 0.717) is 48.1 Å². The molecular formula is C30H30F4N2O3. The molecule has 39 heavy (non-hydrogen) atoms. The molecular weight excluding hydrogens is 512 g/mol. The van der Waals surface area contributed by atoms with Crippen molar-refractivity contribution >= 4 is 16.9 Å². The summed E-state index contributed by atoms with van der Waals surface area (Å²) in [5.41, 5.74) is 0.339. The molecule has 0 radical (unpaired) electrons. The van der Waals surface area contributed by atoms with Gasteiger partial charge in [-0.1, -0.05) is 24.0 Å². The molecule has 1 aliphatic rings. The fraction of sp³-hybridized carbons (Fsp3) is 0.400. The monoisotopic (exact) mass is 542 g/mol. The van der Waals surface area contributed by atoms with Gasteiger partial charge in [0.25, 0.3) is 0 Å². The van der Waals surface area contributed by atoms with Crippen LogP contribution in [0.25, 0.3) is 10.9 Å². The Kier molecular flexibility index (Phi) is 9.08. The topological polar surface area (TPSA) is 62.7 Å². The fourth-order valence-corrected chi connectivity index (χ4v) is 5.28. The van der Waals surface area contributed by atoms with Gasteiger partial charge < -0.3 is 9.84 Å². The Morgan fingerprint density at radius 2 is 2.00 bits per heavy atom. The third-order valence-electron chi connectivity index (χ3n) is 7.28. The Morgan fingerprint density at radius 1 is 1.21 bits per heavy atom. The molecule has 4 rings (SSSR count). The number of fused-ring (bicyclic) bond motifs is 1. The molecule has 1 fully saturated rings. The highest BCUT2D eigenvalue weighted by atomic mass is 19.4. The van der Waals surface area contributed by atoms with Crippen molar-refractivity contribution in [3.63, 3.8) is 0 Å². The summed E-state index contributed by atoms with van der Waals surface area (Å²) in [6.45, 7) is 1.28. The van der Waals surface area contributed by atoms with Gasteiger partial charge in [0, 0.05) is 30.1 Å². The molecule has 1 N–H and O–H groups in total. The van der Waals surface area contributed by atoms with Crippen LogP contribution in [0.5, 0.6) is 5.75 Å². The lowest BCUT2D eigenvalue weighted by atomic mass is 9.79. The smallest absolute Gasteiger partial charge is 0.417 e. The number of benzene rings is 2. The van der Waals surface area contributed by atoms with Gasteiger partial charge in [-0.05, 0) is 79.6 Å². The first-order valence-corrected chi connectivity index (χ1v) is 12.8. The molecule has 0 unspecified atom stereocenters. The number of aromatic nitrogens is 1. The van der Waals surface area contributed by atoms with Crippen molar-refractivity contribution in [3.8, 4) is 17.6 Å². The lowest BCUT2D eigenvalue weighted by Gasteiger charge is -2.37. The molecule has 1 aliphatic heterocycles. The number of piperidine rings is 1. The first-order valence-electron chi connectivity index (χ1n) is 12.8. The standard InChI is InChI=1S/C30H30F4N2O3/c1-39-23-9-11-28-25(18-23)24(12-14-35-28)27(31)10-8-20-13-16-36(19-22(20)17-29(37)38)15-4-6-21-5-2-3-7-26(21)30(32,33)34/h2-3,5,7,9,11-12,14,18,20,22,27H,8,10,13,15-17,19H2,1H3,(H,37,38)/t20-,22+,27-/m1/s1. The minimum atomic E-state index is -4.49. The summed E-state index contributed by atoms with van der Waals surface area (Å²) in [6.07, 6.45) is -2.79. The summed E-state index contributed by atoms with van der Waals surface area (Å²) in [6, 6.07) is 12.2. The molecule has 0 saturated carbocycles. The van der Waals surface area contributed by atoms with E-state index in [4.69, 9.17) is 4.74 Å². The number of rotatable bonds is 8. The molecule has 1 saturated heterocycles. The predicted molar refractivity (Wildman–Crippen MR) is 140 cm³/mol. The van der Waals surface area contributed by atoms with E-state index in [1.54, 1.807) is 37.6 Å². The number of carboxylic acids is 1. The number of ether oxygens (including phenoxy) is 1. The Hall–Kier alpha value is -3.64. The van der Waals surface area contributed by atoms with Crippen molar-refractivity contribution in [1.29, 1.82) is 0 Å². The van der Waals surface area contributed by atoms with E-state index in [0.717, 1.165) is 6.07 Å². The molecule has 5 nitrogen and oxygen atoms in total. The molecule has 0 aliphatic carbocycles. The number of likely N-dealkylation sites (tertiary alicyclic amines) is 1. The molecule has 2 heterocycles. The third kappa shape index (κ3) is 7.27. The van der Waals surface area contributed by atoms with Crippen LogP contribution >= 0.6 is 0 Å². The van der Waals surface area contributed by atoms with E-state index in [1.165, 1.54) is 18.2 Å². The maximum atomic E-state index is 15.5. The van der Waals surface area contributed by atoms with E-state index in [1.807, 2.05) is 4.90 Å². The second-order valence-electron chi connectivity index (χ2n) is 9.82. The maximum Gasteiger partial charge on any atom is 0.417 e. The largest absolute Gasteiger partial charge is 0.497 e. The van der Waals surface area contributed by atoms with Gasteiger partial charge in [0.1, 0.15) is 11.9 Å². The summed E-state index contributed by atoms with van der Waals surface area (Å²) in [7, 11) is 1.55. The van der Waals surface area contributed by atoms with E-state index < -0.39 is 23.9 Å². The lowest BCUT2D eigenvalue weighted by Crippen LogP contribution is -2.41. The van der Waals surface area contributed by atoms with Gasteiger partial charge >= 0.3 is 12.1 Å². The Labute approximate surface area is 224 Å². The van der Waals surface area contributed by atoms with Crippen LogP contribution in [0, 0.1) is 23.7 Å². The quantitative estimate of drug-likeness (QED) is 0.260. The minimum absolute atomic E-state index is 0.0113. The SMILES string of the molecule is COc1ccc2nccc([C@H](F)CC[C@@H]3CCN(CC#Cc4ccccc4C(F)(F)F)C[C@@H]3CC(=O)O)c2c1. The summed E-state index contributed by atoms with van der Waals surface area (Å²) in [4.78, 5) is 17.8. The highest BCUT2D eigenvalue weighted by molar-refractivity contribution is 5.83. The van der Waals surface area contributed by atoms with Crippen molar-refractivity contribution in [2.45, 2.75) is 38.0 Å². The number of nitrogens with zero attached hydrogens (tertiary/aromatic N) is 2. The zero-order valence-electron chi connectivity index (χ0n) is 21.5. The first-order chi connectivity index (χ1) is 18.7. The molecule has 3 atom stereocenters. The maximum absolute atomic E-state index is 15.5. The van der Waals surface area contributed by atoms with Crippen LogP contribution in [0.2, 0.25) is 0 Å². The average Bonchev–Trinajstić information content (AvgIpc) is 2.91. The van der Waals surface area contributed by atoms with Crippen molar-refractivity contribution < 1.29 is 32.2 Å². The van der Waals surface area contributed by atoms with Gasteiger partial charge in [0.2, 0.25) is 0 Å². The van der Waals surface area contributed by atoms with E-state index in [9.17, 15) is 23.1 Å². The number of alkyl halides is 4. The predicted octanol–water partition coefficient (Wildman–Crippen LogP) is 6.52. The Balaban J connectivity index is 1.40. The van der Waals surface area contributed by atoms with Gasteiger partial charge in [-0.3, -0.25) is 14.7 Å². The van der Waals surface area contributed by atoms with Gasteiger partial charge in [-0.15, -0.1) is 0 Å². The summed E-state index contributed by atoms with van der Waals surface area (Å²) >= 11 is 0. The summed E-state index contributed by atoms with van der Waals surface area (Å²) in [5.74, 6) is 4.94. The molecule has 9 heteroatoms. The average molecular weight is 543 g/mol. The lowest BCUT2D eigenvalue weighted by molar-refractivity contribution is -0.139. The number of methoxy groups -OCH3 is 1. The van der Waals surface area contributed by atoms with Crippen molar-refractivity contribution in [1.82, 2.24) is 9.88 Å². The van der Waals surface area contributed by atoms with Gasteiger partial charge in [0.15, 0.2) is 0 Å². The van der Waals surface area contributed by atoms with Gasteiger partial charge in [0.05, 0.1) is 24.7 Å². The van der Waals surface area contributed by atoms with Crippen LogP contribution in [0.15, 0.2) is 54.7 Å². The highest BCUT2D eigenvalue weighted by Gasteiger charge is 2.33. The van der Waals surface area contributed by atoms with Crippen molar-refractivity contribution in [3.05, 3.63) is 71.4 Å². The van der Waals surface area contributed by atoms with Crippen molar-refractivity contribution in [2.75, 3.05) is 26.7 Å². The van der Waals surface area contributed by atoms with Crippen LogP contribution in [0.3, 0.4) is 0 Å². The van der Waals surface area contributed by atoms with Crippen LogP contribution < -0.4 is 4.74 Å². The second-order valence-corrected chi connectivity index (χ2v) is 9.82. The molecule has 0 amide bonds. The van der Waals surface area contributed by atoms with E-state index >= 15 is 4.39 Å². The number of hydrogen-bond acceptors (Lipinski definition) is 4. The number of carbonyl (C=O) groups is 1. The molecule has 206 valence electrons. The van der Waals surface area contributed by atoms with Crippen LogP contribution in [0.4, 0.5) is 17.6 Å². The van der Waals surface area contributed by atoms with Crippen molar-refractivity contribution in [2.24, 2.45) is 11.8 Å². The van der Waals surface area contributed by atoms with Gasteiger partial charge in [-0.2, -0.15) is 13.2 Å². The number of aliphatic carboxylic acids is 1. The van der Waals surface area contributed by atoms with E-state index in [-0.39, 0.29) is 36.8 Å². The number of hydrogen-bond donors (Lipinski definition) is 1. The normalized spacial score (nSPS) is 18.8. The number of pyridine rings is 1. The number of halogens is 4. The molecule has 2 aromatic carbocycles. The molecule has 0 bridgehead atoms. The van der Waals surface area contributed by atoms with Crippen LogP contribution in [0.1, 0.15) is 48.5 Å². The number of carboxylic acid groups (broad SMARTS) is 1. The first kappa shape index (κ1) is 28.4. The fourth-order valence-electron chi connectivity index (χ4n) is 5.28. The molecule has 3 aromatic rings. The molecule has 0 spiro atoms. The Bertz CT molecular complexity index is 1370. The minimum Gasteiger partial charge on any atom is -0.497 e. The van der Waals surface area contributed by atoms with Gasteiger partial charge in [-0.25, -0.2) is 4.39 Å². The summed E-state index contributed by atoms with van der Waals surface area (Å²) in [5, 5.41) is 10.2. The zero-order chi connectivity index (χ0) is 28.0. The Morgan fingerprint density at radius 3 is 2.74 bits per heavy atom. The van der Waals surface area contributed by atoms with Crippen LogP contribution in [-0.2, 0) is 11.0 Å². The highest BCUT2D eigenvalue weighted by Crippen LogP contribution is 2.36. The zero-order valence-corrected chi connectivity index (χ0v) is 21.5. The molecule has 1 aromatic heterocycles. The summed E-state index contributed by atoms with van der Waals surface area (Å²) < 4.78 is 60.4. The van der Waals surface area contributed by atoms with E-state index in [2.05, 4.69) is 16.8 Å².